The molecule has 0 spiro atoms. The smallest absolute Gasteiger partial charge is 0.207 e. The van der Waals surface area contributed by atoms with Crippen molar-refractivity contribution in [3.63, 3.8) is 0 Å². The molecular weight excluding hydrogens is 308 g/mol. The first-order valence-electron chi connectivity index (χ1n) is 8.23. The maximum atomic E-state index is 5.06. The minimum Gasteiger partial charge on any atom is -0.384 e. The number of benzene rings is 1. The molecule has 5 nitrogen and oxygen atoms in total. The summed E-state index contributed by atoms with van der Waals surface area (Å²) in [4.78, 5) is 7.04. The Morgan fingerprint density at radius 1 is 1.26 bits per heavy atom. The maximum absolute atomic E-state index is 5.06. The number of hydrogen-bond acceptors (Lipinski definition) is 6. The summed E-state index contributed by atoms with van der Waals surface area (Å²) in [7, 11) is 1.69. The van der Waals surface area contributed by atoms with Crippen LogP contribution >= 0.6 is 11.5 Å². The topological polar surface area (TPSA) is 50.3 Å². The Bertz CT molecular complexity index is 610. The molecule has 1 aromatic carbocycles. The molecule has 0 aliphatic carbocycles. The van der Waals surface area contributed by atoms with Gasteiger partial charge in [0.2, 0.25) is 5.13 Å². The van der Waals surface area contributed by atoms with Gasteiger partial charge in [-0.15, -0.1) is 0 Å². The van der Waals surface area contributed by atoms with Crippen molar-refractivity contribution in [2.45, 2.75) is 25.7 Å². The number of ether oxygens (including phenoxy) is 1. The van der Waals surface area contributed by atoms with E-state index >= 15 is 0 Å². The van der Waals surface area contributed by atoms with Gasteiger partial charge in [0.25, 0.3) is 0 Å². The van der Waals surface area contributed by atoms with Crippen LogP contribution in [0.25, 0.3) is 0 Å². The van der Waals surface area contributed by atoms with Crippen molar-refractivity contribution in [3.05, 3.63) is 35.7 Å². The first-order chi connectivity index (χ1) is 11.3. The molecule has 1 saturated heterocycles. The van der Waals surface area contributed by atoms with Gasteiger partial charge in [-0.1, -0.05) is 12.1 Å². The van der Waals surface area contributed by atoms with Crippen LogP contribution in [0.15, 0.2) is 24.3 Å². The minimum atomic E-state index is 0.655. The number of hydrogen-bond donors (Lipinski definition) is 1. The fraction of sp³-hybridized carbons (Fsp3) is 0.529. The van der Waals surface area contributed by atoms with E-state index in [2.05, 4.69) is 43.8 Å². The van der Waals surface area contributed by atoms with Gasteiger partial charge >= 0.3 is 0 Å². The molecule has 0 unspecified atom stereocenters. The van der Waals surface area contributed by atoms with E-state index in [1.165, 1.54) is 43.0 Å². The highest BCUT2D eigenvalue weighted by Gasteiger charge is 2.11. The number of methoxy groups -OCH3 is 1. The highest BCUT2D eigenvalue weighted by Crippen LogP contribution is 2.20. The molecule has 0 bridgehead atoms. The number of likely N-dealkylation sites (tertiary alicyclic amines) is 1. The van der Waals surface area contributed by atoms with Crippen molar-refractivity contribution in [2.24, 2.45) is 0 Å². The fourth-order valence-electron chi connectivity index (χ4n) is 2.82. The van der Waals surface area contributed by atoms with Crippen molar-refractivity contribution >= 4 is 22.4 Å². The van der Waals surface area contributed by atoms with E-state index < -0.39 is 0 Å². The van der Waals surface area contributed by atoms with Gasteiger partial charge in [-0.3, -0.25) is 0 Å². The summed E-state index contributed by atoms with van der Waals surface area (Å²) in [5.74, 6) is 0.838. The van der Waals surface area contributed by atoms with Gasteiger partial charge in [0.15, 0.2) is 0 Å². The Morgan fingerprint density at radius 3 is 2.96 bits per heavy atom. The molecule has 124 valence electrons. The molecule has 2 heterocycles. The predicted molar refractivity (Wildman–Crippen MR) is 94.6 cm³/mol. The highest BCUT2D eigenvalue weighted by atomic mass is 32.1. The van der Waals surface area contributed by atoms with Gasteiger partial charge in [0.05, 0.1) is 6.61 Å². The van der Waals surface area contributed by atoms with Crippen LogP contribution in [-0.4, -0.2) is 47.6 Å². The van der Waals surface area contributed by atoms with Crippen molar-refractivity contribution < 1.29 is 4.74 Å². The molecule has 23 heavy (non-hydrogen) atoms. The molecule has 1 fully saturated rings. The van der Waals surface area contributed by atoms with Gasteiger partial charge in [-0.05, 0) is 50.0 Å². The summed E-state index contributed by atoms with van der Waals surface area (Å²) in [6, 6.07) is 8.60. The first-order valence-corrected chi connectivity index (χ1v) is 9.00. The Morgan fingerprint density at radius 2 is 2.13 bits per heavy atom. The van der Waals surface area contributed by atoms with E-state index in [1.54, 1.807) is 7.11 Å². The zero-order valence-corrected chi connectivity index (χ0v) is 14.4. The van der Waals surface area contributed by atoms with Gasteiger partial charge in [0.1, 0.15) is 5.82 Å². The largest absolute Gasteiger partial charge is 0.384 e. The summed E-state index contributed by atoms with van der Waals surface area (Å²) in [6.07, 6.45) is 4.56. The molecule has 0 radical (unpaired) electrons. The third-order valence-corrected chi connectivity index (χ3v) is 4.76. The minimum absolute atomic E-state index is 0.655. The van der Waals surface area contributed by atoms with E-state index in [9.17, 15) is 0 Å². The second kappa shape index (κ2) is 8.38. The van der Waals surface area contributed by atoms with Crippen molar-refractivity contribution in [1.29, 1.82) is 0 Å². The Labute approximate surface area is 141 Å². The third-order valence-electron chi connectivity index (χ3n) is 4.09. The third kappa shape index (κ3) is 4.99. The van der Waals surface area contributed by atoms with E-state index in [-0.39, 0.29) is 0 Å². The second-order valence-corrected chi connectivity index (χ2v) is 6.63. The number of rotatable bonds is 8. The Balaban J connectivity index is 1.55. The van der Waals surface area contributed by atoms with E-state index in [1.807, 2.05) is 0 Å². The Hall–Kier alpha value is -1.50. The molecule has 3 rings (SSSR count). The van der Waals surface area contributed by atoms with Crippen molar-refractivity contribution in [1.82, 2.24) is 14.3 Å². The van der Waals surface area contributed by atoms with Gasteiger partial charge in [-0.25, -0.2) is 4.98 Å². The van der Waals surface area contributed by atoms with Crippen LogP contribution in [0.2, 0.25) is 0 Å². The maximum Gasteiger partial charge on any atom is 0.207 e. The lowest BCUT2D eigenvalue weighted by Gasteiger charge is -2.14. The van der Waals surface area contributed by atoms with Crippen LogP contribution in [0.1, 0.15) is 24.2 Å². The summed E-state index contributed by atoms with van der Waals surface area (Å²) in [6.45, 7) is 4.32. The molecule has 2 aromatic rings. The number of nitrogens with one attached hydrogen (secondary N) is 1. The lowest BCUT2D eigenvalue weighted by molar-refractivity contribution is 0.201. The zero-order valence-electron chi connectivity index (χ0n) is 13.6. The van der Waals surface area contributed by atoms with Crippen molar-refractivity contribution in [2.75, 3.05) is 38.7 Å². The molecule has 1 aliphatic rings. The lowest BCUT2D eigenvalue weighted by atomic mass is 10.1. The summed E-state index contributed by atoms with van der Waals surface area (Å²) < 4.78 is 9.40. The molecular formula is C17H24N4OS. The van der Waals surface area contributed by atoms with Crippen LogP contribution < -0.4 is 5.32 Å². The van der Waals surface area contributed by atoms with Gasteiger partial charge in [0, 0.05) is 37.3 Å². The number of nitrogens with zero attached hydrogens (tertiary/aromatic N) is 3. The second-order valence-electron chi connectivity index (χ2n) is 5.88. The van der Waals surface area contributed by atoms with Crippen LogP contribution in [0, 0.1) is 0 Å². The summed E-state index contributed by atoms with van der Waals surface area (Å²) in [5, 5.41) is 4.20. The number of aromatic nitrogens is 2. The molecule has 1 aromatic heterocycles. The lowest BCUT2D eigenvalue weighted by Crippen LogP contribution is -2.21. The molecule has 0 atom stereocenters. The molecule has 1 N–H and O–H groups in total. The molecule has 0 amide bonds. The average Bonchev–Trinajstić information content (AvgIpc) is 3.23. The first kappa shape index (κ1) is 16.4. The zero-order chi connectivity index (χ0) is 15.9. The summed E-state index contributed by atoms with van der Waals surface area (Å²) >= 11 is 1.40. The van der Waals surface area contributed by atoms with Crippen molar-refractivity contribution in [3.8, 4) is 0 Å². The quantitative estimate of drug-likeness (QED) is 0.805. The normalized spacial score (nSPS) is 15.2. The molecule has 0 saturated carbocycles. The van der Waals surface area contributed by atoms with E-state index in [0.717, 1.165) is 36.0 Å². The van der Waals surface area contributed by atoms with Crippen LogP contribution in [-0.2, 0) is 17.6 Å². The van der Waals surface area contributed by atoms with E-state index in [4.69, 9.17) is 4.74 Å². The van der Waals surface area contributed by atoms with Gasteiger partial charge < -0.3 is 15.0 Å². The van der Waals surface area contributed by atoms with Crippen LogP contribution in [0.3, 0.4) is 0 Å². The Kier molecular flexibility index (Phi) is 5.96. The van der Waals surface area contributed by atoms with Crippen LogP contribution in [0.5, 0.6) is 0 Å². The molecule has 6 heteroatoms. The van der Waals surface area contributed by atoms with Crippen LogP contribution in [0.4, 0.5) is 10.8 Å². The van der Waals surface area contributed by atoms with E-state index in [0.29, 0.717) is 6.61 Å². The monoisotopic (exact) mass is 332 g/mol. The average molecular weight is 332 g/mol. The number of anilines is 2. The highest BCUT2D eigenvalue weighted by molar-refractivity contribution is 7.09. The standard InChI is InChI=1S/C17H24N4OS/c1-22-12-8-16-19-17(23-20-16)18-15-6-4-5-14(13-15)7-11-21-9-2-3-10-21/h4-6,13H,2-3,7-12H2,1H3,(H,18,19,20). The SMILES string of the molecule is COCCc1nsc(Nc2cccc(CCN3CCCC3)c2)n1. The summed E-state index contributed by atoms with van der Waals surface area (Å²) in [5.41, 5.74) is 2.45. The molecule has 1 aliphatic heterocycles. The predicted octanol–water partition coefficient (Wildman–Crippen LogP) is 3.11. The fourth-order valence-corrected chi connectivity index (χ4v) is 3.45. The van der Waals surface area contributed by atoms with Gasteiger partial charge in [-0.2, -0.15) is 4.37 Å².